The zero-order valence-electron chi connectivity index (χ0n) is 10.2. The molecule has 0 aliphatic rings. The molecule has 5 nitrogen and oxygen atoms in total. The van der Waals surface area contributed by atoms with Gasteiger partial charge in [-0.1, -0.05) is 12.7 Å². The van der Waals surface area contributed by atoms with Crippen LogP contribution >= 0.6 is 0 Å². The molecule has 17 heavy (non-hydrogen) atoms. The predicted molar refractivity (Wildman–Crippen MR) is 66.8 cm³/mol. The zero-order chi connectivity index (χ0) is 13.0. The second-order valence-corrected chi connectivity index (χ2v) is 3.82. The van der Waals surface area contributed by atoms with Crippen molar-refractivity contribution in [2.45, 2.75) is 20.8 Å². The van der Waals surface area contributed by atoms with E-state index in [0.717, 1.165) is 5.69 Å². The number of rotatable bonds is 4. The van der Waals surface area contributed by atoms with Crippen LogP contribution in [0.25, 0.3) is 5.70 Å². The Kier molecular flexibility index (Phi) is 3.98. The van der Waals surface area contributed by atoms with E-state index >= 15 is 0 Å². The molecule has 0 radical (unpaired) electrons. The number of hydrogen-bond acceptors (Lipinski definition) is 3. The van der Waals surface area contributed by atoms with E-state index in [-0.39, 0.29) is 10.6 Å². The Balaban J connectivity index is 3.38. The van der Waals surface area contributed by atoms with Gasteiger partial charge in [-0.3, -0.25) is 14.7 Å². The number of nitro groups is 1. The van der Waals surface area contributed by atoms with Gasteiger partial charge in [0.25, 0.3) is 5.70 Å². The van der Waals surface area contributed by atoms with E-state index in [1.807, 2.05) is 6.92 Å². The monoisotopic (exact) mass is 233 g/mol. The Morgan fingerprint density at radius 2 is 2.24 bits per heavy atom. The van der Waals surface area contributed by atoms with Crippen molar-refractivity contribution in [2.75, 3.05) is 0 Å². The molecular weight excluding hydrogens is 218 g/mol. The van der Waals surface area contributed by atoms with Crippen molar-refractivity contribution in [3.05, 3.63) is 58.3 Å². The van der Waals surface area contributed by atoms with Crippen LogP contribution in [0.5, 0.6) is 0 Å². The van der Waals surface area contributed by atoms with E-state index in [0.29, 0.717) is 11.3 Å². The molecule has 0 bridgehead atoms. The molecule has 5 heteroatoms. The summed E-state index contributed by atoms with van der Waals surface area (Å²) in [6, 6.07) is 0. The third-order valence-electron chi connectivity index (χ3n) is 2.16. The van der Waals surface area contributed by atoms with Gasteiger partial charge in [0.2, 0.25) is 0 Å². The molecule has 1 aromatic rings. The molecule has 0 saturated heterocycles. The summed E-state index contributed by atoms with van der Waals surface area (Å²) in [4.78, 5) is 14.8. The lowest BCUT2D eigenvalue weighted by Gasteiger charge is -2.06. The molecule has 0 aliphatic carbocycles. The first kappa shape index (κ1) is 12.9. The molecule has 0 amide bonds. The summed E-state index contributed by atoms with van der Waals surface area (Å²) >= 11 is 0. The molecule has 0 aliphatic heterocycles. The summed E-state index contributed by atoms with van der Waals surface area (Å²) in [5.74, 6) is 0. The van der Waals surface area contributed by atoms with Crippen LogP contribution in [-0.4, -0.2) is 14.5 Å². The Bertz CT molecular complexity index is 506. The van der Waals surface area contributed by atoms with Crippen LogP contribution in [0.2, 0.25) is 0 Å². The maximum Gasteiger partial charge on any atom is 0.291 e. The fourth-order valence-corrected chi connectivity index (χ4v) is 1.48. The number of aromatic nitrogens is 2. The van der Waals surface area contributed by atoms with Crippen molar-refractivity contribution >= 4 is 5.70 Å². The molecule has 1 rings (SSSR count). The smallest absolute Gasteiger partial charge is 0.291 e. The molecule has 0 fully saturated rings. The van der Waals surface area contributed by atoms with Crippen molar-refractivity contribution < 1.29 is 4.92 Å². The van der Waals surface area contributed by atoms with Gasteiger partial charge in [-0.2, -0.15) is 0 Å². The molecule has 0 N–H and O–H groups in total. The average molecular weight is 233 g/mol. The fraction of sp³-hybridized carbons (Fsp3) is 0.250. The molecular formula is C12H15N3O2. The SMILES string of the molecule is C=C/C=C(\C(=C(C)C)[N+](=O)[O-])n1cnc(C)c1. The number of imidazole rings is 1. The van der Waals surface area contributed by atoms with Crippen molar-refractivity contribution in [3.8, 4) is 0 Å². The number of allylic oxidation sites excluding steroid dienone is 4. The molecule has 90 valence electrons. The largest absolute Gasteiger partial charge is 0.300 e. The Hall–Kier alpha value is -2.17. The molecule has 0 spiro atoms. The van der Waals surface area contributed by atoms with Crippen molar-refractivity contribution in [1.82, 2.24) is 9.55 Å². The van der Waals surface area contributed by atoms with Gasteiger partial charge in [0, 0.05) is 11.8 Å². The molecule has 0 saturated carbocycles. The van der Waals surface area contributed by atoms with Crippen LogP contribution in [0.3, 0.4) is 0 Å². The lowest BCUT2D eigenvalue weighted by Crippen LogP contribution is -2.08. The van der Waals surface area contributed by atoms with E-state index in [1.54, 1.807) is 37.0 Å². The van der Waals surface area contributed by atoms with Gasteiger partial charge in [0.15, 0.2) is 0 Å². The predicted octanol–water partition coefficient (Wildman–Crippen LogP) is 2.79. The molecule has 1 heterocycles. The highest BCUT2D eigenvalue weighted by Crippen LogP contribution is 2.20. The first-order valence-corrected chi connectivity index (χ1v) is 5.13. The normalized spacial score (nSPS) is 11.1. The minimum absolute atomic E-state index is 0.0716. The number of aryl methyl sites for hydroxylation is 1. The lowest BCUT2D eigenvalue weighted by molar-refractivity contribution is -0.418. The minimum Gasteiger partial charge on any atom is -0.300 e. The van der Waals surface area contributed by atoms with E-state index in [9.17, 15) is 10.1 Å². The number of nitrogens with zero attached hydrogens (tertiary/aromatic N) is 3. The second-order valence-electron chi connectivity index (χ2n) is 3.82. The molecule has 0 atom stereocenters. The fourth-order valence-electron chi connectivity index (χ4n) is 1.48. The lowest BCUT2D eigenvalue weighted by atomic mass is 10.2. The maximum atomic E-state index is 11.1. The summed E-state index contributed by atoms with van der Waals surface area (Å²) in [5.41, 5.74) is 1.97. The third kappa shape index (κ3) is 2.90. The van der Waals surface area contributed by atoms with Crippen LogP contribution in [0.1, 0.15) is 19.5 Å². The van der Waals surface area contributed by atoms with Gasteiger partial charge in [0.05, 0.1) is 16.9 Å². The Morgan fingerprint density at radius 3 is 2.59 bits per heavy atom. The molecule has 1 aromatic heterocycles. The third-order valence-corrected chi connectivity index (χ3v) is 2.16. The van der Waals surface area contributed by atoms with Crippen LogP contribution in [0.4, 0.5) is 0 Å². The number of hydrogen-bond donors (Lipinski definition) is 0. The zero-order valence-corrected chi connectivity index (χ0v) is 10.2. The molecule has 0 unspecified atom stereocenters. The Labute approximate surface area is 99.9 Å². The quantitative estimate of drug-likeness (QED) is 0.456. The topological polar surface area (TPSA) is 61.0 Å². The summed E-state index contributed by atoms with van der Waals surface area (Å²) < 4.78 is 1.63. The Morgan fingerprint density at radius 1 is 1.59 bits per heavy atom. The van der Waals surface area contributed by atoms with E-state index in [2.05, 4.69) is 11.6 Å². The minimum atomic E-state index is -0.389. The highest BCUT2D eigenvalue weighted by atomic mass is 16.6. The van der Waals surface area contributed by atoms with Gasteiger partial charge in [-0.25, -0.2) is 4.98 Å². The van der Waals surface area contributed by atoms with Crippen LogP contribution < -0.4 is 0 Å². The standard InChI is InChI=1S/C12H15N3O2/c1-5-6-11(12(9(2)3)15(16)17)14-7-10(4)13-8-14/h5-8H,1H2,2-4H3/b11-6+. The summed E-state index contributed by atoms with van der Waals surface area (Å²) in [6.45, 7) is 8.82. The van der Waals surface area contributed by atoms with E-state index in [4.69, 9.17) is 0 Å². The van der Waals surface area contributed by atoms with Crippen LogP contribution in [0.15, 0.2) is 42.5 Å². The van der Waals surface area contributed by atoms with Gasteiger partial charge in [-0.15, -0.1) is 0 Å². The molecule has 0 aromatic carbocycles. The highest BCUT2D eigenvalue weighted by Gasteiger charge is 2.20. The van der Waals surface area contributed by atoms with Gasteiger partial charge >= 0.3 is 0 Å². The van der Waals surface area contributed by atoms with Crippen molar-refractivity contribution in [1.29, 1.82) is 0 Å². The first-order valence-electron chi connectivity index (χ1n) is 5.13. The van der Waals surface area contributed by atoms with E-state index < -0.39 is 0 Å². The summed E-state index contributed by atoms with van der Waals surface area (Å²) in [5, 5.41) is 11.1. The summed E-state index contributed by atoms with van der Waals surface area (Å²) in [6.07, 6.45) is 6.42. The van der Waals surface area contributed by atoms with Crippen LogP contribution in [-0.2, 0) is 0 Å². The van der Waals surface area contributed by atoms with Crippen LogP contribution in [0, 0.1) is 17.0 Å². The van der Waals surface area contributed by atoms with Gasteiger partial charge in [0.1, 0.15) is 5.70 Å². The van der Waals surface area contributed by atoms with Crippen molar-refractivity contribution in [2.24, 2.45) is 0 Å². The average Bonchev–Trinajstić information content (AvgIpc) is 2.63. The van der Waals surface area contributed by atoms with Crippen molar-refractivity contribution in [3.63, 3.8) is 0 Å². The first-order chi connectivity index (χ1) is 7.97. The van der Waals surface area contributed by atoms with Gasteiger partial charge in [-0.05, 0) is 26.8 Å². The maximum absolute atomic E-state index is 11.1. The van der Waals surface area contributed by atoms with Gasteiger partial charge < -0.3 is 0 Å². The highest BCUT2D eigenvalue weighted by molar-refractivity contribution is 5.63. The second kappa shape index (κ2) is 5.25. The van der Waals surface area contributed by atoms with E-state index in [1.165, 1.54) is 6.08 Å². The summed E-state index contributed by atoms with van der Waals surface area (Å²) in [7, 11) is 0.